The van der Waals surface area contributed by atoms with Gasteiger partial charge in [0, 0.05) is 30.0 Å². The first-order chi connectivity index (χ1) is 15.9. The highest BCUT2D eigenvalue weighted by atomic mass is 19.1. The van der Waals surface area contributed by atoms with Gasteiger partial charge in [-0.3, -0.25) is 4.90 Å². The van der Waals surface area contributed by atoms with Crippen LogP contribution in [0.25, 0.3) is 5.52 Å². The van der Waals surface area contributed by atoms with Crippen LogP contribution in [-0.4, -0.2) is 50.5 Å². The molecular formula is C22H29FN10. The molecule has 10 nitrogen and oxygen atoms in total. The Morgan fingerprint density at radius 2 is 2.06 bits per heavy atom. The van der Waals surface area contributed by atoms with E-state index in [9.17, 15) is 4.39 Å². The summed E-state index contributed by atoms with van der Waals surface area (Å²) in [5.74, 6) is 0.186. The summed E-state index contributed by atoms with van der Waals surface area (Å²) in [5, 5.41) is 19.0. The van der Waals surface area contributed by atoms with Crippen LogP contribution in [-0.2, 0) is 6.54 Å². The van der Waals surface area contributed by atoms with Crippen molar-refractivity contribution in [3.8, 4) is 0 Å². The second-order valence-corrected chi connectivity index (χ2v) is 8.49. The van der Waals surface area contributed by atoms with Crippen LogP contribution >= 0.6 is 0 Å². The third-order valence-corrected chi connectivity index (χ3v) is 5.45. The first-order valence-corrected chi connectivity index (χ1v) is 11.0. The van der Waals surface area contributed by atoms with Crippen molar-refractivity contribution in [2.24, 2.45) is 26.9 Å². The van der Waals surface area contributed by atoms with Crippen LogP contribution in [0.15, 0.2) is 52.2 Å². The van der Waals surface area contributed by atoms with Crippen LogP contribution < -0.4 is 16.8 Å². The van der Waals surface area contributed by atoms with E-state index in [1.54, 1.807) is 10.6 Å². The third-order valence-electron chi connectivity index (χ3n) is 5.45. The monoisotopic (exact) mass is 452 g/mol. The Morgan fingerprint density at radius 3 is 2.82 bits per heavy atom. The lowest BCUT2D eigenvalue weighted by Gasteiger charge is -2.29. The fourth-order valence-corrected chi connectivity index (χ4v) is 3.77. The topological polar surface area (TPSA) is 135 Å². The highest BCUT2D eigenvalue weighted by Gasteiger charge is 2.19. The van der Waals surface area contributed by atoms with Crippen molar-refractivity contribution in [3.63, 3.8) is 0 Å². The maximum Gasteiger partial charge on any atom is 0.158 e. The fraction of sp³-hybridized carbons (Fsp3) is 0.409. The van der Waals surface area contributed by atoms with Crippen LogP contribution in [0.5, 0.6) is 0 Å². The summed E-state index contributed by atoms with van der Waals surface area (Å²) in [6.45, 7) is 6.42. The molecule has 0 spiro atoms. The molecule has 0 amide bonds. The fourth-order valence-electron chi connectivity index (χ4n) is 3.77. The number of nitrogens with one attached hydrogen (secondary N) is 1. The van der Waals surface area contributed by atoms with E-state index in [4.69, 9.17) is 11.5 Å². The molecule has 3 aromatic rings. The molecule has 174 valence electrons. The van der Waals surface area contributed by atoms with Crippen LogP contribution in [0, 0.1) is 5.82 Å². The second-order valence-electron chi connectivity index (χ2n) is 8.49. The Kier molecular flexibility index (Phi) is 6.90. The van der Waals surface area contributed by atoms with Crippen molar-refractivity contribution in [1.29, 1.82) is 0 Å². The Morgan fingerprint density at radius 1 is 1.27 bits per heavy atom. The maximum atomic E-state index is 14.4. The Labute approximate surface area is 191 Å². The average Bonchev–Trinajstić information content (AvgIpc) is 3.18. The zero-order valence-electron chi connectivity index (χ0n) is 18.8. The lowest BCUT2D eigenvalue weighted by atomic mass is 10.1. The molecule has 1 aromatic carbocycles. The zero-order chi connectivity index (χ0) is 23.4. The van der Waals surface area contributed by atoms with Gasteiger partial charge in [0.25, 0.3) is 0 Å². The molecule has 4 rings (SSSR count). The van der Waals surface area contributed by atoms with Gasteiger partial charge in [-0.1, -0.05) is 0 Å². The summed E-state index contributed by atoms with van der Waals surface area (Å²) in [5.41, 5.74) is 14.8. The molecular weight excluding hydrogens is 423 g/mol. The molecule has 5 N–H and O–H groups in total. The van der Waals surface area contributed by atoms with Crippen molar-refractivity contribution in [1.82, 2.24) is 19.5 Å². The smallest absolute Gasteiger partial charge is 0.158 e. The first kappa shape index (κ1) is 22.7. The Hall–Kier alpha value is -3.44. The number of aromatic nitrogens is 3. The van der Waals surface area contributed by atoms with Crippen molar-refractivity contribution >= 4 is 22.9 Å². The minimum absolute atomic E-state index is 0.00984. The van der Waals surface area contributed by atoms with Gasteiger partial charge in [-0.25, -0.2) is 13.9 Å². The van der Waals surface area contributed by atoms with Crippen molar-refractivity contribution in [2.75, 3.05) is 18.4 Å². The van der Waals surface area contributed by atoms with Crippen LogP contribution in [0.1, 0.15) is 37.8 Å². The van der Waals surface area contributed by atoms with E-state index in [0.29, 0.717) is 17.1 Å². The predicted octanol–water partition coefficient (Wildman–Crippen LogP) is 3.02. The summed E-state index contributed by atoms with van der Waals surface area (Å²) in [4.78, 5) is 6.79. The number of hydrogen-bond donors (Lipinski definition) is 3. The average molecular weight is 453 g/mol. The number of anilines is 2. The van der Waals surface area contributed by atoms with E-state index in [0.717, 1.165) is 43.6 Å². The van der Waals surface area contributed by atoms with Gasteiger partial charge in [-0.15, -0.1) is 5.10 Å². The number of fused-ring (bicyclic) bond motifs is 1. The van der Waals surface area contributed by atoms with Crippen LogP contribution in [0.4, 0.5) is 15.9 Å². The van der Waals surface area contributed by atoms with Gasteiger partial charge < -0.3 is 16.8 Å². The number of benzene rings is 1. The van der Waals surface area contributed by atoms with Crippen LogP contribution in [0.2, 0.25) is 0 Å². The van der Waals surface area contributed by atoms with Gasteiger partial charge in [0.2, 0.25) is 0 Å². The number of piperidine rings is 1. The molecule has 1 saturated heterocycles. The molecule has 0 aliphatic carbocycles. The highest BCUT2D eigenvalue weighted by Crippen LogP contribution is 2.26. The molecule has 33 heavy (non-hydrogen) atoms. The summed E-state index contributed by atoms with van der Waals surface area (Å²) in [7, 11) is 0. The zero-order valence-corrected chi connectivity index (χ0v) is 18.8. The van der Waals surface area contributed by atoms with Crippen molar-refractivity contribution < 1.29 is 4.39 Å². The number of nitrogens with zero attached hydrogens (tertiary/aromatic N) is 7. The number of likely N-dealkylation sites (tertiary alicyclic amines) is 1. The third kappa shape index (κ3) is 5.68. The minimum atomic E-state index is -0.459. The summed E-state index contributed by atoms with van der Waals surface area (Å²) < 4.78 is 16.1. The molecule has 1 fully saturated rings. The summed E-state index contributed by atoms with van der Waals surface area (Å²) in [6, 6.07) is 6.67. The number of rotatable bonds is 7. The van der Waals surface area contributed by atoms with E-state index in [2.05, 4.69) is 35.7 Å². The van der Waals surface area contributed by atoms with E-state index in [1.807, 2.05) is 26.1 Å². The first-order valence-electron chi connectivity index (χ1n) is 11.0. The second kappa shape index (κ2) is 10.0. The molecule has 3 heterocycles. The standard InChI is InChI=1S/C22H29FN10/c1-14(2)29-31-30-21(25)16-9-17(23)11-19(10-16)28-22-20-15(3-8-33(20)27-13-26-22)12-32-6-4-18(24)5-7-32/h3,8-11,13-14,18H,4-7,12,24H2,1-2H3,(H2,25,29,30)(H,26,27,28). The van der Waals surface area contributed by atoms with Crippen molar-refractivity contribution in [3.05, 3.63) is 53.7 Å². The van der Waals surface area contributed by atoms with Crippen molar-refractivity contribution in [2.45, 2.75) is 45.3 Å². The Balaban J connectivity index is 1.60. The van der Waals surface area contributed by atoms with Gasteiger partial charge in [-0.2, -0.15) is 10.2 Å². The molecule has 0 atom stereocenters. The lowest BCUT2D eigenvalue weighted by Crippen LogP contribution is -2.39. The number of amidine groups is 1. The molecule has 0 bridgehead atoms. The molecule has 1 aliphatic heterocycles. The SMILES string of the molecule is CC(C)N=NN=C(N)c1cc(F)cc(Nc2ncnn3ccc(CN4CCC(N)CC4)c23)c1. The van der Waals surface area contributed by atoms with Gasteiger partial charge in [0.05, 0.1) is 6.04 Å². The van der Waals surface area contributed by atoms with E-state index in [-0.39, 0.29) is 17.9 Å². The highest BCUT2D eigenvalue weighted by molar-refractivity contribution is 5.98. The minimum Gasteiger partial charge on any atom is -0.382 e. The number of hydrogen-bond acceptors (Lipinski definition) is 7. The van der Waals surface area contributed by atoms with Gasteiger partial charge in [-0.05, 0) is 74.8 Å². The Bertz CT molecular complexity index is 1160. The predicted molar refractivity (Wildman–Crippen MR) is 126 cm³/mol. The van der Waals surface area contributed by atoms with Gasteiger partial charge in [0.15, 0.2) is 11.7 Å². The molecule has 0 unspecified atom stereocenters. The van der Waals surface area contributed by atoms with E-state index >= 15 is 0 Å². The lowest BCUT2D eigenvalue weighted by molar-refractivity contribution is 0.206. The number of nitrogens with two attached hydrogens (primary N) is 2. The maximum absolute atomic E-state index is 14.4. The molecule has 1 aliphatic rings. The number of halogens is 1. The quantitative estimate of drug-likeness (QED) is 0.218. The van der Waals surface area contributed by atoms with E-state index < -0.39 is 5.82 Å². The van der Waals surface area contributed by atoms with Crippen LogP contribution in [0.3, 0.4) is 0 Å². The molecule has 11 heteroatoms. The largest absolute Gasteiger partial charge is 0.382 e. The molecule has 0 saturated carbocycles. The van der Waals surface area contributed by atoms with E-state index in [1.165, 1.54) is 18.5 Å². The summed E-state index contributed by atoms with van der Waals surface area (Å²) in [6.07, 6.45) is 5.33. The normalized spacial score (nSPS) is 16.3. The molecule has 0 radical (unpaired) electrons. The molecule has 2 aromatic heterocycles. The van der Waals surface area contributed by atoms with Gasteiger partial charge in [0.1, 0.15) is 17.7 Å². The van der Waals surface area contributed by atoms with Gasteiger partial charge >= 0.3 is 0 Å². The summed E-state index contributed by atoms with van der Waals surface area (Å²) >= 11 is 0.